The van der Waals surface area contributed by atoms with E-state index in [9.17, 15) is 10.1 Å². The van der Waals surface area contributed by atoms with Crippen LogP contribution in [0.1, 0.15) is 17.4 Å². The summed E-state index contributed by atoms with van der Waals surface area (Å²) in [6.45, 7) is 0. The van der Waals surface area contributed by atoms with Gasteiger partial charge in [-0.05, 0) is 34.5 Å². The van der Waals surface area contributed by atoms with E-state index in [1.807, 2.05) is 60.7 Å². The fourth-order valence-corrected chi connectivity index (χ4v) is 2.92. The zero-order valence-corrected chi connectivity index (χ0v) is 13.8. The Morgan fingerprint density at radius 1 is 1.04 bits per heavy atom. The van der Waals surface area contributed by atoms with Crippen molar-refractivity contribution in [1.29, 1.82) is 5.26 Å². The molecule has 0 saturated heterocycles. The first-order valence-corrected chi connectivity index (χ1v) is 8.21. The Labute approximate surface area is 150 Å². The number of oxazole rings is 1. The molecule has 1 aromatic heterocycles. The van der Waals surface area contributed by atoms with Crippen LogP contribution in [0.5, 0.6) is 0 Å². The van der Waals surface area contributed by atoms with Gasteiger partial charge in [-0.15, -0.1) is 0 Å². The number of hydrogen-bond acceptors (Lipinski definition) is 4. The molecule has 0 aliphatic carbocycles. The molecule has 4 rings (SSSR count). The van der Waals surface area contributed by atoms with Crippen LogP contribution in [0, 0.1) is 11.3 Å². The molecule has 3 aromatic carbocycles. The van der Waals surface area contributed by atoms with Crippen LogP contribution in [0.3, 0.4) is 0 Å². The van der Waals surface area contributed by atoms with Gasteiger partial charge in [0.1, 0.15) is 5.52 Å². The molecule has 4 nitrogen and oxygen atoms in total. The molecule has 0 N–H and O–H groups in total. The van der Waals surface area contributed by atoms with Crippen molar-refractivity contribution in [1.82, 2.24) is 4.98 Å². The van der Waals surface area contributed by atoms with Gasteiger partial charge in [0.05, 0.1) is 6.07 Å². The van der Waals surface area contributed by atoms with Crippen LogP contribution in [0.15, 0.2) is 77.2 Å². The molecule has 0 fully saturated rings. The Bertz CT molecular complexity index is 1140. The number of benzene rings is 3. The Kier molecular flexibility index (Phi) is 4.04. The summed E-state index contributed by atoms with van der Waals surface area (Å²) in [6.07, 6.45) is 3.15. The molecular formula is C22H14N2O2. The highest BCUT2D eigenvalue weighted by Crippen LogP contribution is 2.23. The third-order valence-electron chi connectivity index (χ3n) is 4.22. The predicted octanol–water partition coefficient (Wildman–Crippen LogP) is 4.87. The van der Waals surface area contributed by atoms with E-state index >= 15 is 0 Å². The van der Waals surface area contributed by atoms with Crippen molar-refractivity contribution < 1.29 is 9.21 Å². The molecule has 1 heterocycles. The summed E-state index contributed by atoms with van der Waals surface area (Å²) in [5, 5.41) is 11.6. The molecule has 0 aliphatic rings. The van der Waals surface area contributed by atoms with Gasteiger partial charge in [-0.25, -0.2) is 4.98 Å². The van der Waals surface area contributed by atoms with E-state index in [0.717, 1.165) is 16.3 Å². The van der Waals surface area contributed by atoms with E-state index in [1.54, 1.807) is 18.2 Å². The van der Waals surface area contributed by atoms with Crippen molar-refractivity contribution in [3.8, 4) is 6.07 Å². The number of para-hydroxylation sites is 2. The number of nitrogens with zero attached hydrogens (tertiary/aromatic N) is 2. The Morgan fingerprint density at radius 2 is 1.81 bits per heavy atom. The molecule has 0 amide bonds. The number of aromatic nitrogens is 1. The van der Waals surface area contributed by atoms with Crippen molar-refractivity contribution in [3.63, 3.8) is 0 Å². The summed E-state index contributed by atoms with van der Waals surface area (Å²) < 4.78 is 5.58. The number of fused-ring (bicyclic) bond motifs is 2. The second-order valence-electron chi connectivity index (χ2n) is 5.89. The predicted molar refractivity (Wildman–Crippen MR) is 100 cm³/mol. The first kappa shape index (κ1) is 15.8. The molecule has 26 heavy (non-hydrogen) atoms. The molecule has 124 valence electrons. The minimum Gasteiger partial charge on any atom is -0.439 e. The molecule has 1 unspecified atom stereocenters. The smallest absolute Gasteiger partial charge is 0.220 e. The number of rotatable bonds is 4. The third kappa shape index (κ3) is 2.87. The molecule has 0 spiro atoms. The van der Waals surface area contributed by atoms with Gasteiger partial charge in [0, 0.05) is 0 Å². The Morgan fingerprint density at radius 3 is 2.65 bits per heavy atom. The van der Waals surface area contributed by atoms with Crippen LogP contribution in [0.2, 0.25) is 0 Å². The summed E-state index contributed by atoms with van der Waals surface area (Å²) >= 11 is 0. The number of ketones is 1. The van der Waals surface area contributed by atoms with E-state index in [2.05, 4.69) is 4.98 Å². The Balaban J connectivity index is 1.65. The van der Waals surface area contributed by atoms with Crippen LogP contribution in [-0.2, 0) is 4.79 Å². The summed E-state index contributed by atoms with van der Waals surface area (Å²) in [5.74, 6) is -1.29. The van der Waals surface area contributed by atoms with Crippen LogP contribution < -0.4 is 0 Å². The topological polar surface area (TPSA) is 66.9 Å². The lowest BCUT2D eigenvalue weighted by molar-refractivity contribution is -0.115. The maximum atomic E-state index is 12.6. The second kappa shape index (κ2) is 6.66. The fourth-order valence-electron chi connectivity index (χ4n) is 2.92. The molecule has 0 aliphatic heterocycles. The minimum absolute atomic E-state index is 0.126. The van der Waals surface area contributed by atoms with Gasteiger partial charge in [0.15, 0.2) is 17.3 Å². The molecule has 0 saturated carbocycles. The number of nitriles is 1. The van der Waals surface area contributed by atoms with E-state index in [0.29, 0.717) is 11.1 Å². The lowest BCUT2D eigenvalue weighted by Crippen LogP contribution is -2.08. The first-order valence-electron chi connectivity index (χ1n) is 8.21. The fraction of sp³-hybridized carbons (Fsp3) is 0.0455. The number of carbonyl (C=O) groups is 1. The lowest BCUT2D eigenvalue weighted by atomic mass is 10.0. The summed E-state index contributed by atoms with van der Waals surface area (Å²) in [6, 6.07) is 23.0. The van der Waals surface area contributed by atoms with Crippen LogP contribution in [0.25, 0.3) is 27.9 Å². The van der Waals surface area contributed by atoms with Gasteiger partial charge in [-0.1, -0.05) is 60.7 Å². The molecule has 0 radical (unpaired) electrons. The SMILES string of the molecule is N#CC(C(=O)/C=C/c1cccc2ccccc12)c1nc2ccccc2o1. The normalized spacial score (nSPS) is 12.4. The van der Waals surface area contributed by atoms with E-state index < -0.39 is 5.92 Å². The average Bonchev–Trinajstić information content (AvgIpc) is 3.10. The quantitative estimate of drug-likeness (QED) is 0.498. The minimum atomic E-state index is -1.06. The molecule has 1 atom stereocenters. The van der Waals surface area contributed by atoms with E-state index in [4.69, 9.17) is 4.42 Å². The van der Waals surface area contributed by atoms with Crippen molar-refractivity contribution in [2.45, 2.75) is 5.92 Å². The third-order valence-corrected chi connectivity index (χ3v) is 4.22. The van der Waals surface area contributed by atoms with Crippen molar-refractivity contribution >= 4 is 33.7 Å². The van der Waals surface area contributed by atoms with Crippen LogP contribution >= 0.6 is 0 Å². The molecule has 0 bridgehead atoms. The number of carbonyl (C=O) groups excluding carboxylic acids is 1. The molecular weight excluding hydrogens is 324 g/mol. The number of allylic oxidation sites excluding steroid dienone is 1. The summed E-state index contributed by atoms with van der Waals surface area (Å²) in [7, 11) is 0. The van der Waals surface area contributed by atoms with Crippen molar-refractivity contribution in [2.75, 3.05) is 0 Å². The van der Waals surface area contributed by atoms with E-state index in [-0.39, 0.29) is 11.7 Å². The highest BCUT2D eigenvalue weighted by molar-refractivity contribution is 6.02. The van der Waals surface area contributed by atoms with Crippen LogP contribution in [0.4, 0.5) is 0 Å². The zero-order valence-electron chi connectivity index (χ0n) is 13.8. The first-order chi connectivity index (χ1) is 12.8. The van der Waals surface area contributed by atoms with Gasteiger partial charge in [0.2, 0.25) is 5.89 Å². The second-order valence-corrected chi connectivity index (χ2v) is 5.89. The zero-order chi connectivity index (χ0) is 17.9. The highest BCUT2D eigenvalue weighted by atomic mass is 16.3. The van der Waals surface area contributed by atoms with Crippen molar-refractivity contribution in [3.05, 3.63) is 84.3 Å². The van der Waals surface area contributed by atoms with Crippen LogP contribution in [-0.4, -0.2) is 10.8 Å². The van der Waals surface area contributed by atoms with Gasteiger partial charge in [0.25, 0.3) is 0 Å². The van der Waals surface area contributed by atoms with Gasteiger partial charge in [-0.2, -0.15) is 5.26 Å². The monoisotopic (exact) mass is 338 g/mol. The lowest BCUT2D eigenvalue weighted by Gasteiger charge is -2.02. The highest BCUT2D eigenvalue weighted by Gasteiger charge is 2.23. The van der Waals surface area contributed by atoms with Crippen molar-refractivity contribution in [2.24, 2.45) is 0 Å². The number of hydrogen-bond donors (Lipinski definition) is 0. The maximum absolute atomic E-state index is 12.6. The maximum Gasteiger partial charge on any atom is 0.220 e. The summed E-state index contributed by atoms with van der Waals surface area (Å²) in [5.41, 5.74) is 2.12. The van der Waals surface area contributed by atoms with Gasteiger partial charge < -0.3 is 4.42 Å². The Hall–Kier alpha value is -3.71. The average molecular weight is 338 g/mol. The largest absolute Gasteiger partial charge is 0.439 e. The van der Waals surface area contributed by atoms with Gasteiger partial charge >= 0.3 is 0 Å². The molecule has 4 aromatic rings. The van der Waals surface area contributed by atoms with E-state index in [1.165, 1.54) is 6.08 Å². The standard InChI is InChI=1S/C22H14N2O2/c23-14-18(22-24-19-10-3-4-11-21(19)26-22)20(25)13-12-16-8-5-7-15-6-1-2-9-17(15)16/h1-13,18H/b13-12+. The van der Waals surface area contributed by atoms with Gasteiger partial charge in [-0.3, -0.25) is 4.79 Å². The summed E-state index contributed by atoms with van der Waals surface area (Å²) in [4.78, 5) is 16.8. The molecule has 4 heteroatoms.